The Morgan fingerprint density at radius 2 is 1.56 bits per heavy atom. The van der Waals surface area contributed by atoms with Crippen LogP contribution in [0.15, 0.2) is 48.5 Å². The summed E-state index contributed by atoms with van der Waals surface area (Å²) in [7, 11) is 1.56. The summed E-state index contributed by atoms with van der Waals surface area (Å²) in [6.07, 6.45) is -0.0280. The number of ether oxygens (including phenoxy) is 1. The summed E-state index contributed by atoms with van der Waals surface area (Å²) in [4.78, 5) is 25.6. The Hall–Kier alpha value is -2.33. The summed E-state index contributed by atoms with van der Waals surface area (Å²) in [5.74, 6) is 0.228. The van der Waals surface area contributed by atoms with Gasteiger partial charge in [-0.2, -0.15) is 0 Å². The van der Waals surface area contributed by atoms with Gasteiger partial charge < -0.3 is 4.74 Å². The molecule has 0 fully saturated rings. The molecule has 0 heterocycles. The van der Waals surface area contributed by atoms with Gasteiger partial charge >= 0.3 is 6.09 Å². The lowest BCUT2D eigenvalue weighted by Gasteiger charge is -2.26. The Bertz CT molecular complexity index is 803. The number of hydrogen-bond donors (Lipinski definition) is 0. The first-order valence-electron chi connectivity index (χ1n) is 9.17. The number of hydrogen-bond acceptors (Lipinski definition) is 3. The second-order valence-corrected chi connectivity index (χ2v) is 7.74. The average Bonchev–Trinajstić information content (AvgIpc) is 2.97. The number of amides is 1. The van der Waals surface area contributed by atoms with E-state index in [1.807, 2.05) is 38.1 Å². The number of halogens is 1. The molecular formula is C22H24ClNO3. The van der Waals surface area contributed by atoms with Crippen LogP contribution in [-0.4, -0.2) is 35.9 Å². The topological polar surface area (TPSA) is 46.6 Å². The number of nitrogens with zero attached hydrogens (tertiary/aromatic N) is 1. The largest absolute Gasteiger partial charge is 0.448 e. The molecule has 0 radical (unpaired) electrons. The highest BCUT2D eigenvalue weighted by Crippen LogP contribution is 2.44. The van der Waals surface area contributed by atoms with Crippen molar-refractivity contribution in [1.29, 1.82) is 0 Å². The van der Waals surface area contributed by atoms with Gasteiger partial charge in [0.1, 0.15) is 12.6 Å². The van der Waals surface area contributed by atoms with Crippen LogP contribution >= 0.6 is 11.6 Å². The van der Waals surface area contributed by atoms with Gasteiger partial charge in [0.2, 0.25) is 5.24 Å². The maximum Gasteiger partial charge on any atom is 0.410 e. The molecule has 3 rings (SSSR count). The van der Waals surface area contributed by atoms with Crippen molar-refractivity contribution in [3.8, 4) is 11.1 Å². The van der Waals surface area contributed by atoms with Crippen molar-refractivity contribution in [3.05, 3.63) is 59.7 Å². The molecule has 0 aliphatic heterocycles. The molecule has 0 spiro atoms. The van der Waals surface area contributed by atoms with Crippen molar-refractivity contribution in [3.63, 3.8) is 0 Å². The Labute approximate surface area is 165 Å². The van der Waals surface area contributed by atoms with E-state index >= 15 is 0 Å². The Kier molecular flexibility index (Phi) is 5.85. The van der Waals surface area contributed by atoms with Crippen LogP contribution in [-0.2, 0) is 9.53 Å². The predicted octanol–water partition coefficient (Wildman–Crippen LogP) is 5.05. The van der Waals surface area contributed by atoms with E-state index in [9.17, 15) is 9.59 Å². The fourth-order valence-corrected chi connectivity index (χ4v) is 3.91. The molecule has 4 nitrogen and oxygen atoms in total. The second-order valence-electron chi connectivity index (χ2n) is 7.36. The Morgan fingerprint density at radius 1 is 1.04 bits per heavy atom. The summed E-state index contributed by atoms with van der Waals surface area (Å²) in [5, 5.41) is -0.542. The fourth-order valence-electron chi connectivity index (χ4n) is 3.67. The maximum absolute atomic E-state index is 12.5. The van der Waals surface area contributed by atoms with Crippen molar-refractivity contribution < 1.29 is 14.3 Å². The lowest BCUT2D eigenvalue weighted by Crippen LogP contribution is -2.42. The highest BCUT2D eigenvalue weighted by Gasteiger charge is 2.31. The molecule has 1 aliphatic carbocycles. The number of benzene rings is 2. The Morgan fingerprint density at radius 3 is 2.04 bits per heavy atom. The van der Waals surface area contributed by atoms with Crippen molar-refractivity contribution in [2.24, 2.45) is 5.92 Å². The normalized spacial score (nSPS) is 13.8. The van der Waals surface area contributed by atoms with Crippen molar-refractivity contribution in [2.75, 3.05) is 13.7 Å². The minimum absolute atomic E-state index is 0.00926. The minimum Gasteiger partial charge on any atom is -0.448 e. The monoisotopic (exact) mass is 385 g/mol. The molecule has 5 heteroatoms. The molecular weight excluding hydrogens is 362 g/mol. The van der Waals surface area contributed by atoms with E-state index < -0.39 is 17.4 Å². The van der Waals surface area contributed by atoms with Gasteiger partial charge in [-0.3, -0.25) is 9.69 Å². The van der Waals surface area contributed by atoms with Crippen LogP contribution in [0.4, 0.5) is 4.79 Å². The molecule has 0 unspecified atom stereocenters. The van der Waals surface area contributed by atoms with Gasteiger partial charge in [0.25, 0.3) is 0 Å². The molecule has 0 bridgehead atoms. The van der Waals surface area contributed by atoms with Gasteiger partial charge in [-0.1, -0.05) is 62.4 Å². The summed E-state index contributed by atoms with van der Waals surface area (Å²) in [6, 6.07) is 15.7. The van der Waals surface area contributed by atoms with Crippen molar-refractivity contribution >= 4 is 22.9 Å². The van der Waals surface area contributed by atoms with E-state index in [2.05, 4.69) is 24.3 Å². The van der Waals surface area contributed by atoms with Crippen LogP contribution in [0.25, 0.3) is 11.1 Å². The van der Waals surface area contributed by atoms with Crippen LogP contribution in [0, 0.1) is 5.92 Å². The van der Waals surface area contributed by atoms with Crippen LogP contribution in [0.1, 0.15) is 37.3 Å². The molecule has 142 valence electrons. The van der Waals surface area contributed by atoms with Crippen LogP contribution in [0.2, 0.25) is 0 Å². The van der Waals surface area contributed by atoms with Crippen molar-refractivity contribution in [1.82, 2.24) is 4.90 Å². The number of fused-ring (bicyclic) bond motifs is 3. The van der Waals surface area contributed by atoms with Gasteiger partial charge in [0.05, 0.1) is 0 Å². The third-order valence-electron chi connectivity index (χ3n) is 5.05. The average molecular weight is 386 g/mol. The molecule has 0 saturated heterocycles. The highest BCUT2D eigenvalue weighted by atomic mass is 35.5. The van der Waals surface area contributed by atoms with Gasteiger partial charge in [-0.05, 0) is 46.2 Å². The van der Waals surface area contributed by atoms with E-state index in [0.29, 0.717) is 6.42 Å². The fraction of sp³-hybridized carbons (Fsp3) is 0.364. The lowest BCUT2D eigenvalue weighted by atomic mass is 9.98. The number of likely N-dealkylation sites (N-methyl/N-ethyl adjacent to an activating group) is 1. The summed E-state index contributed by atoms with van der Waals surface area (Å²) < 4.78 is 5.59. The van der Waals surface area contributed by atoms with Gasteiger partial charge in [-0.25, -0.2) is 4.79 Å². The zero-order valence-electron chi connectivity index (χ0n) is 15.8. The standard InChI is InChI=1S/C22H24ClNO3/c1-14(2)12-20(21(23)25)24(3)22(26)27-13-19-17-10-6-4-8-15(17)16-9-5-7-11-18(16)19/h4-11,14,19-20H,12-13H2,1-3H3/t20-/m1/s1. The smallest absolute Gasteiger partial charge is 0.410 e. The van der Waals surface area contributed by atoms with Gasteiger partial charge in [-0.15, -0.1) is 0 Å². The SMILES string of the molecule is CC(C)C[C@H](C(=O)Cl)N(C)C(=O)OCC1c2ccccc2-c2ccccc21. The van der Waals surface area contributed by atoms with Crippen molar-refractivity contribution in [2.45, 2.75) is 32.2 Å². The number of rotatable bonds is 6. The van der Waals surface area contributed by atoms with E-state index in [1.54, 1.807) is 7.05 Å². The number of carbonyl (C=O) groups is 2. The lowest BCUT2D eigenvalue weighted by molar-refractivity contribution is -0.116. The summed E-state index contributed by atoms with van der Waals surface area (Å²) in [5.41, 5.74) is 4.66. The van der Waals surface area contributed by atoms with Gasteiger partial charge in [0, 0.05) is 13.0 Å². The quantitative estimate of drug-likeness (QED) is 0.654. The zero-order valence-corrected chi connectivity index (χ0v) is 16.6. The Balaban J connectivity index is 1.75. The number of carbonyl (C=O) groups excluding carboxylic acids is 2. The molecule has 27 heavy (non-hydrogen) atoms. The van der Waals surface area contributed by atoms with E-state index in [1.165, 1.54) is 16.0 Å². The molecule has 2 aromatic rings. The molecule has 2 aromatic carbocycles. The van der Waals surface area contributed by atoms with E-state index in [4.69, 9.17) is 16.3 Å². The van der Waals surface area contributed by atoms with Crippen LogP contribution in [0.3, 0.4) is 0 Å². The summed E-state index contributed by atoms with van der Waals surface area (Å²) >= 11 is 5.70. The minimum atomic E-state index is -0.678. The molecule has 0 N–H and O–H groups in total. The molecule has 0 saturated carbocycles. The molecule has 1 amide bonds. The zero-order chi connectivity index (χ0) is 19.6. The third kappa shape index (κ3) is 4.01. The van der Waals surface area contributed by atoms with Crippen LogP contribution < -0.4 is 0 Å². The molecule has 1 atom stereocenters. The van der Waals surface area contributed by atoms with Gasteiger partial charge in [0.15, 0.2) is 0 Å². The maximum atomic E-state index is 12.5. The molecule has 0 aromatic heterocycles. The van der Waals surface area contributed by atoms with Crippen LogP contribution in [0.5, 0.6) is 0 Å². The summed E-state index contributed by atoms with van der Waals surface area (Å²) in [6.45, 7) is 4.19. The first-order chi connectivity index (χ1) is 12.9. The highest BCUT2D eigenvalue weighted by molar-refractivity contribution is 6.64. The second kappa shape index (κ2) is 8.13. The molecule has 1 aliphatic rings. The third-order valence-corrected chi connectivity index (χ3v) is 5.30. The first-order valence-corrected chi connectivity index (χ1v) is 9.55. The van der Waals surface area contributed by atoms with E-state index in [-0.39, 0.29) is 18.4 Å². The predicted molar refractivity (Wildman–Crippen MR) is 107 cm³/mol. The first kappa shape index (κ1) is 19.4. The van der Waals surface area contributed by atoms with E-state index in [0.717, 1.165) is 11.1 Å².